The van der Waals surface area contributed by atoms with Crippen LogP contribution in [-0.4, -0.2) is 31.1 Å². The number of methoxy groups -OCH3 is 1. The first-order chi connectivity index (χ1) is 9.11. The maximum atomic E-state index is 6.05. The van der Waals surface area contributed by atoms with Crippen LogP contribution in [0.1, 0.15) is 36.8 Å². The molecule has 1 aliphatic rings. The van der Waals surface area contributed by atoms with Gasteiger partial charge in [-0.2, -0.15) is 0 Å². The molecule has 1 saturated carbocycles. The molecule has 1 aromatic rings. The van der Waals surface area contributed by atoms with Gasteiger partial charge in [-0.05, 0) is 32.9 Å². The van der Waals surface area contributed by atoms with Gasteiger partial charge in [-0.25, -0.2) is 0 Å². The summed E-state index contributed by atoms with van der Waals surface area (Å²) in [5, 5.41) is 0. The highest BCUT2D eigenvalue weighted by Gasteiger charge is 2.36. The average Bonchev–Trinajstić information content (AvgIpc) is 2.89. The molecule has 106 valence electrons. The van der Waals surface area contributed by atoms with Gasteiger partial charge in [-0.15, -0.1) is 0 Å². The zero-order chi connectivity index (χ0) is 13.9. The van der Waals surface area contributed by atoms with Crippen LogP contribution < -0.4 is 10.5 Å². The molecule has 3 heteroatoms. The Hall–Kier alpha value is -1.06. The van der Waals surface area contributed by atoms with E-state index in [2.05, 4.69) is 37.1 Å². The van der Waals surface area contributed by atoms with E-state index in [0.29, 0.717) is 0 Å². The number of nitrogens with zero attached hydrogens (tertiary/aromatic N) is 1. The van der Waals surface area contributed by atoms with E-state index in [1.54, 1.807) is 7.11 Å². The third kappa shape index (κ3) is 2.93. The third-order valence-electron chi connectivity index (χ3n) is 4.57. The van der Waals surface area contributed by atoms with Gasteiger partial charge in [0.1, 0.15) is 5.75 Å². The maximum absolute atomic E-state index is 6.05. The fourth-order valence-electron chi connectivity index (χ4n) is 3.23. The van der Waals surface area contributed by atoms with Crippen LogP contribution in [0, 0.1) is 6.92 Å². The van der Waals surface area contributed by atoms with E-state index < -0.39 is 0 Å². The van der Waals surface area contributed by atoms with Crippen LogP contribution in [0.15, 0.2) is 18.2 Å². The molecule has 2 N–H and O–H groups in total. The number of nitrogens with two attached hydrogens (primary N) is 1. The van der Waals surface area contributed by atoms with Gasteiger partial charge in [0.2, 0.25) is 0 Å². The summed E-state index contributed by atoms with van der Waals surface area (Å²) < 4.78 is 5.47. The number of hydrogen-bond acceptors (Lipinski definition) is 3. The van der Waals surface area contributed by atoms with Gasteiger partial charge in [0.15, 0.2) is 0 Å². The molecule has 2 rings (SSSR count). The van der Waals surface area contributed by atoms with Gasteiger partial charge < -0.3 is 10.5 Å². The quantitative estimate of drug-likeness (QED) is 0.886. The van der Waals surface area contributed by atoms with Crippen LogP contribution in [0.25, 0.3) is 0 Å². The van der Waals surface area contributed by atoms with Crippen molar-refractivity contribution >= 4 is 0 Å². The summed E-state index contributed by atoms with van der Waals surface area (Å²) in [7, 11) is 3.93. The van der Waals surface area contributed by atoms with Gasteiger partial charge in [-0.1, -0.05) is 30.5 Å². The molecule has 0 bridgehead atoms. The number of aryl methyl sites for hydroxylation is 1. The molecule has 0 aliphatic heterocycles. The molecule has 0 radical (unpaired) electrons. The average molecular weight is 262 g/mol. The van der Waals surface area contributed by atoms with E-state index >= 15 is 0 Å². The van der Waals surface area contributed by atoms with Gasteiger partial charge in [0.05, 0.1) is 7.11 Å². The number of benzene rings is 1. The summed E-state index contributed by atoms with van der Waals surface area (Å²) in [4.78, 5) is 2.43. The Labute approximate surface area is 116 Å². The fourth-order valence-corrected chi connectivity index (χ4v) is 3.23. The molecule has 0 heterocycles. The second-order valence-electron chi connectivity index (χ2n) is 5.81. The Kier molecular flexibility index (Phi) is 4.48. The lowest BCUT2D eigenvalue weighted by atomic mass is 9.95. The van der Waals surface area contributed by atoms with Crippen molar-refractivity contribution in [3.63, 3.8) is 0 Å². The Morgan fingerprint density at radius 1 is 1.32 bits per heavy atom. The predicted molar refractivity (Wildman–Crippen MR) is 79.5 cm³/mol. The highest BCUT2D eigenvalue weighted by Crippen LogP contribution is 2.35. The molecular weight excluding hydrogens is 236 g/mol. The molecule has 1 aromatic carbocycles. The van der Waals surface area contributed by atoms with Gasteiger partial charge in [0.25, 0.3) is 0 Å². The summed E-state index contributed by atoms with van der Waals surface area (Å²) in [5.41, 5.74) is 8.77. The largest absolute Gasteiger partial charge is 0.496 e. The molecule has 0 amide bonds. The molecular formula is C16H26N2O. The third-order valence-corrected chi connectivity index (χ3v) is 4.57. The number of rotatable bonds is 5. The Bertz CT molecular complexity index is 425. The van der Waals surface area contributed by atoms with E-state index in [-0.39, 0.29) is 5.54 Å². The summed E-state index contributed by atoms with van der Waals surface area (Å²) >= 11 is 0. The van der Waals surface area contributed by atoms with E-state index in [9.17, 15) is 0 Å². The first kappa shape index (κ1) is 14.4. The molecule has 0 atom stereocenters. The topological polar surface area (TPSA) is 38.5 Å². The van der Waals surface area contributed by atoms with E-state index in [4.69, 9.17) is 10.5 Å². The van der Waals surface area contributed by atoms with Crippen molar-refractivity contribution in [2.75, 3.05) is 20.7 Å². The van der Waals surface area contributed by atoms with E-state index in [1.165, 1.54) is 36.8 Å². The van der Waals surface area contributed by atoms with Gasteiger partial charge in [0, 0.05) is 24.2 Å². The van der Waals surface area contributed by atoms with Crippen molar-refractivity contribution in [2.45, 2.75) is 44.7 Å². The first-order valence-electron chi connectivity index (χ1n) is 7.16. The standard InChI is InChI=1S/C16H26N2O/c1-13-6-7-15(19-3)14(10-13)11-18(2)16(12-17)8-4-5-9-16/h6-7,10H,4-5,8-9,11-12,17H2,1-3H3. The van der Waals surface area contributed by atoms with Crippen LogP contribution in [0.5, 0.6) is 5.75 Å². The zero-order valence-electron chi connectivity index (χ0n) is 12.4. The Morgan fingerprint density at radius 2 is 2.00 bits per heavy atom. The molecule has 0 saturated heterocycles. The zero-order valence-corrected chi connectivity index (χ0v) is 12.4. The van der Waals surface area contributed by atoms with Crippen molar-refractivity contribution in [2.24, 2.45) is 5.73 Å². The van der Waals surface area contributed by atoms with E-state index in [1.807, 2.05) is 0 Å². The monoisotopic (exact) mass is 262 g/mol. The molecule has 0 unspecified atom stereocenters. The molecule has 3 nitrogen and oxygen atoms in total. The highest BCUT2D eigenvalue weighted by atomic mass is 16.5. The lowest BCUT2D eigenvalue weighted by molar-refractivity contribution is 0.123. The van der Waals surface area contributed by atoms with Crippen molar-refractivity contribution in [3.8, 4) is 5.75 Å². The summed E-state index contributed by atoms with van der Waals surface area (Å²) in [5.74, 6) is 0.975. The van der Waals surface area contributed by atoms with Gasteiger partial charge in [-0.3, -0.25) is 4.90 Å². The molecule has 1 fully saturated rings. The fraction of sp³-hybridized carbons (Fsp3) is 0.625. The highest BCUT2D eigenvalue weighted by molar-refractivity contribution is 5.36. The second-order valence-corrected chi connectivity index (χ2v) is 5.81. The normalized spacial score (nSPS) is 17.9. The minimum Gasteiger partial charge on any atom is -0.496 e. The molecule has 1 aliphatic carbocycles. The van der Waals surface area contributed by atoms with Crippen LogP contribution in [-0.2, 0) is 6.54 Å². The lowest BCUT2D eigenvalue weighted by Crippen LogP contribution is -2.49. The predicted octanol–water partition coefficient (Wildman–Crippen LogP) is 2.71. The minimum absolute atomic E-state index is 0.189. The molecule has 19 heavy (non-hydrogen) atoms. The molecule has 0 spiro atoms. The van der Waals surface area contributed by atoms with E-state index in [0.717, 1.165) is 18.8 Å². The summed E-state index contributed by atoms with van der Waals surface area (Å²) in [6.07, 6.45) is 5.03. The molecule has 0 aromatic heterocycles. The Balaban J connectivity index is 2.18. The number of hydrogen-bond donors (Lipinski definition) is 1. The van der Waals surface area contributed by atoms with Crippen LogP contribution >= 0.6 is 0 Å². The summed E-state index contributed by atoms with van der Waals surface area (Å²) in [6.45, 7) is 3.77. The van der Waals surface area contributed by atoms with Gasteiger partial charge >= 0.3 is 0 Å². The Morgan fingerprint density at radius 3 is 2.58 bits per heavy atom. The smallest absolute Gasteiger partial charge is 0.123 e. The van der Waals surface area contributed by atoms with Crippen molar-refractivity contribution in [1.82, 2.24) is 4.90 Å². The first-order valence-corrected chi connectivity index (χ1v) is 7.16. The lowest BCUT2D eigenvalue weighted by Gasteiger charge is -2.38. The van der Waals surface area contributed by atoms with Crippen molar-refractivity contribution < 1.29 is 4.74 Å². The van der Waals surface area contributed by atoms with Crippen molar-refractivity contribution in [1.29, 1.82) is 0 Å². The van der Waals surface area contributed by atoms with Crippen LogP contribution in [0.3, 0.4) is 0 Å². The second kappa shape index (κ2) is 5.93. The number of likely N-dealkylation sites (N-methyl/N-ethyl adjacent to an activating group) is 1. The van der Waals surface area contributed by atoms with Crippen LogP contribution in [0.4, 0.5) is 0 Å². The number of ether oxygens (including phenoxy) is 1. The SMILES string of the molecule is COc1ccc(C)cc1CN(C)C1(CN)CCCC1. The summed E-state index contributed by atoms with van der Waals surface area (Å²) in [6, 6.07) is 6.37. The van der Waals surface area contributed by atoms with Crippen LogP contribution in [0.2, 0.25) is 0 Å². The van der Waals surface area contributed by atoms with Crippen molar-refractivity contribution in [3.05, 3.63) is 29.3 Å². The minimum atomic E-state index is 0.189. The maximum Gasteiger partial charge on any atom is 0.123 e.